The lowest BCUT2D eigenvalue weighted by Crippen LogP contribution is -2.46. The van der Waals surface area contributed by atoms with Gasteiger partial charge in [0.05, 0.1) is 23.6 Å². The molecule has 2 unspecified atom stereocenters. The number of sulfonamides is 1. The van der Waals surface area contributed by atoms with Crippen LogP contribution in [-0.4, -0.2) is 39.7 Å². The number of amides is 2. The van der Waals surface area contributed by atoms with E-state index in [9.17, 15) is 17.6 Å². The van der Waals surface area contributed by atoms with Gasteiger partial charge in [-0.1, -0.05) is 18.2 Å². The summed E-state index contributed by atoms with van der Waals surface area (Å²) >= 11 is 0. The van der Waals surface area contributed by atoms with E-state index in [2.05, 4.69) is 10.2 Å². The van der Waals surface area contributed by atoms with E-state index in [0.29, 0.717) is 18.8 Å². The maximum Gasteiger partial charge on any atom is 0.333 e. The monoisotopic (exact) mass is 421 g/mol. The van der Waals surface area contributed by atoms with Crippen molar-refractivity contribution in [1.82, 2.24) is 4.72 Å². The van der Waals surface area contributed by atoms with Crippen molar-refractivity contribution in [2.45, 2.75) is 37.9 Å². The number of nitrogens with zero attached hydrogens (tertiary/aromatic N) is 1. The Morgan fingerprint density at radius 3 is 2.45 bits per heavy atom. The smallest absolute Gasteiger partial charge is 0.333 e. The van der Waals surface area contributed by atoms with E-state index in [4.69, 9.17) is 4.74 Å². The Morgan fingerprint density at radius 2 is 1.79 bits per heavy atom. The molecule has 156 valence electrons. The maximum atomic E-state index is 13.8. The second-order valence-electron chi connectivity index (χ2n) is 7.17. The predicted octanol–water partition coefficient (Wildman–Crippen LogP) is 3.26. The van der Waals surface area contributed by atoms with E-state index in [0.717, 1.165) is 23.4 Å². The molecule has 2 atom stereocenters. The number of morpholine rings is 1. The molecule has 7 nitrogen and oxygen atoms in total. The minimum atomic E-state index is -4.35. The molecule has 1 fully saturated rings. The Labute approximate surface area is 169 Å². The molecule has 0 saturated carbocycles. The summed E-state index contributed by atoms with van der Waals surface area (Å²) in [6, 6.07) is 9.46. The van der Waals surface area contributed by atoms with Gasteiger partial charge in [0.2, 0.25) is 0 Å². The first-order chi connectivity index (χ1) is 13.7. The number of carbonyl (C=O) groups excluding carboxylic acids is 1. The summed E-state index contributed by atoms with van der Waals surface area (Å²) in [7, 11) is -4.35. The maximum absolute atomic E-state index is 13.8. The van der Waals surface area contributed by atoms with Gasteiger partial charge in [-0.05, 0) is 50.6 Å². The van der Waals surface area contributed by atoms with Crippen molar-refractivity contribution in [1.29, 1.82) is 0 Å². The van der Waals surface area contributed by atoms with Gasteiger partial charge < -0.3 is 15.0 Å². The van der Waals surface area contributed by atoms with E-state index in [1.807, 2.05) is 37.6 Å². The van der Waals surface area contributed by atoms with Crippen LogP contribution in [0.25, 0.3) is 0 Å². The molecule has 2 aromatic carbocycles. The number of nitrogens with one attached hydrogen (secondary N) is 2. The molecule has 1 aliphatic heterocycles. The summed E-state index contributed by atoms with van der Waals surface area (Å²) in [5.41, 5.74) is 2.12. The highest BCUT2D eigenvalue weighted by atomic mass is 32.2. The van der Waals surface area contributed by atoms with Crippen molar-refractivity contribution >= 4 is 27.4 Å². The first-order valence-electron chi connectivity index (χ1n) is 9.25. The van der Waals surface area contributed by atoms with E-state index < -0.39 is 26.8 Å². The lowest BCUT2D eigenvalue weighted by atomic mass is 10.1. The number of hydrogen-bond donors (Lipinski definition) is 2. The molecule has 1 saturated heterocycles. The molecular formula is C20H24FN3O4S. The predicted molar refractivity (Wildman–Crippen MR) is 109 cm³/mol. The average Bonchev–Trinajstić information content (AvgIpc) is 2.60. The topological polar surface area (TPSA) is 87.7 Å². The van der Waals surface area contributed by atoms with Crippen LogP contribution in [0.15, 0.2) is 47.4 Å². The van der Waals surface area contributed by atoms with Crippen LogP contribution >= 0.6 is 0 Å². The molecule has 1 aliphatic rings. The minimum Gasteiger partial charge on any atom is -0.372 e. The van der Waals surface area contributed by atoms with Crippen molar-refractivity contribution in [2.24, 2.45) is 0 Å². The zero-order valence-corrected chi connectivity index (χ0v) is 17.3. The van der Waals surface area contributed by atoms with Gasteiger partial charge in [0, 0.05) is 13.1 Å². The molecule has 0 aromatic heterocycles. The van der Waals surface area contributed by atoms with Crippen molar-refractivity contribution in [3.63, 3.8) is 0 Å². The second kappa shape index (κ2) is 8.38. The fourth-order valence-electron chi connectivity index (χ4n) is 3.39. The summed E-state index contributed by atoms with van der Waals surface area (Å²) < 4.78 is 46.2. The van der Waals surface area contributed by atoms with Gasteiger partial charge in [0.15, 0.2) is 0 Å². The molecule has 2 amide bonds. The van der Waals surface area contributed by atoms with Gasteiger partial charge in [-0.2, -0.15) is 0 Å². The number of hydrogen-bond acceptors (Lipinski definition) is 5. The molecule has 29 heavy (non-hydrogen) atoms. The molecule has 0 radical (unpaired) electrons. The van der Waals surface area contributed by atoms with Crippen molar-refractivity contribution < 1.29 is 22.3 Å². The van der Waals surface area contributed by atoms with Gasteiger partial charge in [-0.3, -0.25) is 0 Å². The summed E-state index contributed by atoms with van der Waals surface area (Å²) in [6.45, 7) is 7.08. The molecule has 0 spiro atoms. The van der Waals surface area contributed by atoms with Crippen LogP contribution < -0.4 is 14.9 Å². The Morgan fingerprint density at radius 1 is 1.14 bits per heavy atom. The third-order valence-corrected chi connectivity index (χ3v) is 5.88. The lowest BCUT2D eigenvalue weighted by molar-refractivity contribution is -0.00517. The highest BCUT2D eigenvalue weighted by Gasteiger charge is 2.26. The van der Waals surface area contributed by atoms with E-state index in [1.165, 1.54) is 12.1 Å². The highest BCUT2D eigenvalue weighted by molar-refractivity contribution is 7.90. The number of urea groups is 1. The SMILES string of the molecule is Cc1ccc(N2CC(C)OC(C)C2)c(NC(=O)NS(=O)(=O)c2ccccc2F)c1. The minimum absolute atomic E-state index is 0.0168. The standard InChI is InChI=1S/C20H24FN3O4S/c1-13-8-9-18(24-11-14(2)28-15(3)12-24)17(10-13)22-20(25)23-29(26,27)19-7-5-4-6-16(19)21/h4-10,14-15H,11-12H2,1-3H3,(H2,22,23,25). The number of anilines is 2. The van der Waals surface area contributed by atoms with Crippen LogP contribution in [0.2, 0.25) is 0 Å². The van der Waals surface area contributed by atoms with Crippen LogP contribution in [-0.2, 0) is 14.8 Å². The van der Waals surface area contributed by atoms with Gasteiger partial charge in [-0.15, -0.1) is 0 Å². The van der Waals surface area contributed by atoms with Crippen LogP contribution in [0, 0.1) is 12.7 Å². The van der Waals surface area contributed by atoms with E-state index >= 15 is 0 Å². The normalized spacial score (nSPS) is 19.7. The van der Waals surface area contributed by atoms with E-state index in [-0.39, 0.29) is 12.2 Å². The van der Waals surface area contributed by atoms with Crippen molar-refractivity contribution in [2.75, 3.05) is 23.3 Å². The zero-order valence-electron chi connectivity index (χ0n) is 16.5. The molecule has 0 bridgehead atoms. The molecular weight excluding hydrogens is 397 g/mol. The first-order valence-corrected chi connectivity index (χ1v) is 10.7. The number of halogens is 1. The van der Waals surface area contributed by atoms with Crippen LogP contribution in [0.4, 0.5) is 20.6 Å². The molecule has 1 heterocycles. The van der Waals surface area contributed by atoms with Crippen molar-refractivity contribution in [3.05, 3.63) is 53.8 Å². The van der Waals surface area contributed by atoms with Gasteiger partial charge in [0.25, 0.3) is 10.0 Å². The Bertz CT molecular complexity index is 1000. The molecule has 2 aromatic rings. The quantitative estimate of drug-likeness (QED) is 0.791. The number of ether oxygens (including phenoxy) is 1. The Balaban J connectivity index is 1.82. The van der Waals surface area contributed by atoms with E-state index in [1.54, 1.807) is 6.07 Å². The molecule has 2 N–H and O–H groups in total. The third-order valence-electron chi connectivity index (χ3n) is 4.51. The average molecular weight is 421 g/mol. The van der Waals surface area contributed by atoms with Crippen LogP contribution in [0.5, 0.6) is 0 Å². The fourth-order valence-corrected chi connectivity index (χ4v) is 4.38. The van der Waals surface area contributed by atoms with Gasteiger partial charge >= 0.3 is 6.03 Å². The van der Waals surface area contributed by atoms with Crippen LogP contribution in [0.3, 0.4) is 0 Å². The second-order valence-corrected chi connectivity index (χ2v) is 8.82. The Hall–Kier alpha value is -2.65. The number of aryl methyl sites for hydroxylation is 1. The number of benzene rings is 2. The summed E-state index contributed by atoms with van der Waals surface area (Å²) in [4.78, 5) is 13.9. The highest BCUT2D eigenvalue weighted by Crippen LogP contribution is 2.30. The molecule has 9 heteroatoms. The first kappa shape index (κ1) is 21.1. The summed E-state index contributed by atoms with van der Waals surface area (Å²) in [6.07, 6.45) is 0.0336. The Kier molecular flexibility index (Phi) is 6.09. The van der Waals surface area contributed by atoms with Gasteiger partial charge in [0.1, 0.15) is 10.7 Å². The van der Waals surface area contributed by atoms with Gasteiger partial charge in [-0.25, -0.2) is 22.3 Å². The largest absolute Gasteiger partial charge is 0.372 e. The number of rotatable bonds is 4. The zero-order chi connectivity index (χ0) is 21.2. The molecule has 3 rings (SSSR count). The van der Waals surface area contributed by atoms with Crippen molar-refractivity contribution in [3.8, 4) is 0 Å². The summed E-state index contributed by atoms with van der Waals surface area (Å²) in [5, 5.41) is 2.59. The van der Waals surface area contributed by atoms with Crippen LogP contribution in [0.1, 0.15) is 19.4 Å². The third kappa shape index (κ3) is 5.04. The summed E-state index contributed by atoms with van der Waals surface area (Å²) in [5.74, 6) is -0.930. The lowest BCUT2D eigenvalue weighted by Gasteiger charge is -2.37. The fraction of sp³-hybridized carbons (Fsp3) is 0.350. The molecule has 0 aliphatic carbocycles. The number of carbonyl (C=O) groups is 1.